The van der Waals surface area contributed by atoms with Gasteiger partial charge < -0.3 is 9.47 Å². The van der Waals surface area contributed by atoms with Gasteiger partial charge >= 0.3 is 5.97 Å². The summed E-state index contributed by atoms with van der Waals surface area (Å²) in [6.45, 7) is 2.03. The molecule has 0 aliphatic heterocycles. The molecule has 5 heteroatoms. The van der Waals surface area contributed by atoms with E-state index in [0.29, 0.717) is 11.4 Å². The van der Waals surface area contributed by atoms with Crippen molar-refractivity contribution in [2.45, 2.75) is 6.92 Å². The van der Waals surface area contributed by atoms with Crippen LogP contribution in [-0.2, 0) is 4.74 Å². The molecule has 0 aliphatic carbocycles. The Morgan fingerprint density at radius 3 is 2.08 bits per heavy atom. The molecule has 0 amide bonds. The van der Waals surface area contributed by atoms with Crippen molar-refractivity contribution in [2.24, 2.45) is 0 Å². The van der Waals surface area contributed by atoms with E-state index in [0.717, 1.165) is 16.9 Å². The molecule has 0 spiro atoms. The average Bonchev–Trinajstić information content (AvgIpc) is 2.68. The van der Waals surface area contributed by atoms with Gasteiger partial charge in [-0.15, -0.1) is 0 Å². The molecule has 0 atom stereocenters. The molecule has 0 aliphatic rings. The predicted molar refractivity (Wildman–Crippen MR) is 95.4 cm³/mol. The van der Waals surface area contributed by atoms with E-state index in [1.807, 2.05) is 60.7 Å². The topological polar surface area (TPSA) is 61.3 Å². The summed E-state index contributed by atoms with van der Waals surface area (Å²) in [6.07, 6.45) is 0. The fraction of sp³-hybridized carbons (Fsp3) is 0.150. The van der Waals surface area contributed by atoms with Crippen molar-refractivity contribution in [2.75, 3.05) is 13.7 Å². The fourth-order valence-corrected chi connectivity index (χ4v) is 2.40. The average molecular weight is 334 g/mol. The molecule has 2 aromatic carbocycles. The maximum atomic E-state index is 12.1. The Morgan fingerprint density at radius 1 is 0.920 bits per heavy atom. The van der Waals surface area contributed by atoms with Crippen LogP contribution in [0, 0.1) is 0 Å². The van der Waals surface area contributed by atoms with Crippen LogP contribution in [-0.4, -0.2) is 29.7 Å². The lowest BCUT2D eigenvalue weighted by molar-refractivity contribution is 0.0512. The van der Waals surface area contributed by atoms with Gasteiger partial charge in [-0.05, 0) is 37.3 Å². The van der Waals surface area contributed by atoms with Crippen LogP contribution in [0.1, 0.15) is 17.5 Å². The first kappa shape index (κ1) is 16.6. The van der Waals surface area contributed by atoms with Crippen molar-refractivity contribution in [3.8, 4) is 28.3 Å². The van der Waals surface area contributed by atoms with Gasteiger partial charge in [-0.2, -0.15) is 0 Å². The minimum Gasteiger partial charge on any atom is -0.497 e. The highest BCUT2D eigenvalue weighted by Gasteiger charge is 2.15. The number of esters is 1. The summed E-state index contributed by atoms with van der Waals surface area (Å²) in [5.74, 6) is 0.274. The maximum Gasteiger partial charge on any atom is 0.376 e. The summed E-state index contributed by atoms with van der Waals surface area (Å²) < 4.78 is 10.2. The fourth-order valence-electron chi connectivity index (χ4n) is 2.40. The third-order valence-corrected chi connectivity index (χ3v) is 3.64. The van der Waals surface area contributed by atoms with Gasteiger partial charge in [0.2, 0.25) is 5.82 Å². The van der Waals surface area contributed by atoms with E-state index < -0.39 is 5.97 Å². The lowest BCUT2D eigenvalue weighted by Gasteiger charge is -2.09. The number of hydrogen-bond donors (Lipinski definition) is 0. The van der Waals surface area contributed by atoms with Gasteiger partial charge in [0.15, 0.2) is 0 Å². The Balaban J connectivity index is 2.10. The lowest BCUT2D eigenvalue weighted by Crippen LogP contribution is -2.11. The largest absolute Gasteiger partial charge is 0.497 e. The highest BCUT2D eigenvalue weighted by atomic mass is 16.5. The van der Waals surface area contributed by atoms with Crippen LogP contribution in [0.3, 0.4) is 0 Å². The zero-order valence-corrected chi connectivity index (χ0v) is 14.1. The molecule has 0 fully saturated rings. The molecule has 126 valence electrons. The zero-order chi connectivity index (χ0) is 17.6. The van der Waals surface area contributed by atoms with Crippen LogP contribution >= 0.6 is 0 Å². The minimum atomic E-state index is -0.532. The van der Waals surface area contributed by atoms with Gasteiger partial charge in [0.05, 0.1) is 25.1 Å². The normalized spacial score (nSPS) is 10.3. The molecular formula is C20H18N2O3. The maximum absolute atomic E-state index is 12.1. The second kappa shape index (κ2) is 7.57. The lowest BCUT2D eigenvalue weighted by atomic mass is 10.1. The number of carbonyl (C=O) groups is 1. The van der Waals surface area contributed by atoms with Crippen LogP contribution in [0.15, 0.2) is 60.7 Å². The van der Waals surface area contributed by atoms with Crippen LogP contribution in [0.2, 0.25) is 0 Å². The van der Waals surface area contributed by atoms with Gasteiger partial charge in [-0.1, -0.05) is 30.3 Å². The number of rotatable bonds is 5. The van der Waals surface area contributed by atoms with Gasteiger partial charge in [0.1, 0.15) is 5.75 Å². The predicted octanol–water partition coefficient (Wildman–Crippen LogP) is 4.00. The molecule has 0 radical (unpaired) electrons. The van der Waals surface area contributed by atoms with E-state index in [1.165, 1.54) is 0 Å². The first-order valence-electron chi connectivity index (χ1n) is 7.97. The third-order valence-electron chi connectivity index (χ3n) is 3.64. The molecule has 3 aromatic rings. The van der Waals surface area contributed by atoms with Gasteiger partial charge in [-0.25, -0.2) is 14.8 Å². The molecule has 25 heavy (non-hydrogen) atoms. The molecule has 0 unspecified atom stereocenters. The first-order valence-corrected chi connectivity index (χ1v) is 7.97. The van der Waals surface area contributed by atoms with Gasteiger partial charge in [-0.3, -0.25) is 0 Å². The minimum absolute atomic E-state index is 0.0500. The molecule has 1 heterocycles. The molecular weight excluding hydrogens is 316 g/mol. The van der Waals surface area contributed by atoms with E-state index >= 15 is 0 Å². The standard InChI is InChI=1S/C20H18N2O3/c1-3-25-20(23)19-21-17(14-7-5-4-6-8-14)13-18(22-19)15-9-11-16(24-2)12-10-15/h4-13H,3H2,1-2H3. The molecule has 0 saturated carbocycles. The molecule has 3 rings (SSSR count). The molecule has 0 saturated heterocycles. The number of aromatic nitrogens is 2. The van der Waals surface area contributed by atoms with Crippen molar-refractivity contribution >= 4 is 5.97 Å². The van der Waals surface area contributed by atoms with E-state index in [4.69, 9.17) is 9.47 Å². The number of ether oxygens (including phenoxy) is 2. The summed E-state index contributed by atoms with van der Waals surface area (Å²) in [5.41, 5.74) is 3.10. The smallest absolute Gasteiger partial charge is 0.376 e. The van der Waals surface area contributed by atoms with Crippen molar-refractivity contribution in [1.82, 2.24) is 9.97 Å². The number of benzene rings is 2. The van der Waals surface area contributed by atoms with Crippen LogP contribution in [0.4, 0.5) is 0 Å². The molecule has 1 aromatic heterocycles. The second-order valence-electron chi connectivity index (χ2n) is 5.28. The van der Waals surface area contributed by atoms with E-state index in [9.17, 15) is 4.79 Å². The molecule has 0 bridgehead atoms. The third kappa shape index (κ3) is 3.83. The Labute approximate surface area is 146 Å². The summed E-state index contributed by atoms with van der Waals surface area (Å²) in [6, 6.07) is 19.0. The Kier molecular flexibility index (Phi) is 5.04. The SMILES string of the molecule is CCOC(=O)c1nc(-c2ccccc2)cc(-c2ccc(OC)cc2)n1. The van der Waals surface area contributed by atoms with Gasteiger partial charge in [0.25, 0.3) is 0 Å². The summed E-state index contributed by atoms with van der Waals surface area (Å²) in [7, 11) is 1.62. The van der Waals surface area contributed by atoms with Crippen LogP contribution in [0.25, 0.3) is 22.5 Å². The van der Waals surface area contributed by atoms with Crippen molar-refractivity contribution < 1.29 is 14.3 Å². The Hall–Kier alpha value is -3.21. The highest BCUT2D eigenvalue weighted by molar-refractivity contribution is 5.87. The Bertz CT molecular complexity index is 862. The van der Waals surface area contributed by atoms with E-state index in [-0.39, 0.29) is 12.4 Å². The van der Waals surface area contributed by atoms with E-state index in [1.54, 1.807) is 14.0 Å². The zero-order valence-electron chi connectivity index (χ0n) is 14.1. The van der Waals surface area contributed by atoms with Crippen molar-refractivity contribution in [3.63, 3.8) is 0 Å². The number of carbonyl (C=O) groups excluding carboxylic acids is 1. The number of hydrogen-bond acceptors (Lipinski definition) is 5. The van der Waals surface area contributed by atoms with Crippen LogP contribution in [0.5, 0.6) is 5.75 Å². The van der Waals surface area contributed by atoms with Crippen molar-refractivity contribution in [1.29, 1.82) is 0 Å². The second-order valence-corrected chi connectivity index (χ2v) is 5.28. The number of methoxy groups -OCH3 is 1. The molecule has 0 N–H and O–H groups in total. The van der Waals surface area contributed by atoms with E-state index in [2.05, 4.69) is 9.97 Å². The quantitative estimate of drug-likeness (QED) is 0.660. The van der Waals surface area contributed by atoms with Crippen LogP contribution < -0.4 is 4.74 Å². The first-order chi connectivity index (χ1) is 12.2. The summed E-state index contributed by atoms with van der Waals surface area (Å²) in [4.78, 5) is 20.9. The van der Waals surface area contributed by atoms with Crippen molar-refractivity contribution in [3.05, 3.63) is 66.5 Å². The summed E-state index contributed by atoms with van der Waals surface area (Å²) >= 11 is 0. The monoisotopic (exact) mass is 334 g/mol. The molecule has 5 nitrogen and oxygen atoms in total. The Morgan fingerprint density at radius 2 is 1.52 bits per heavy atom. The van der Waals surface area contributed by atoms with Gasteiger partial charge in [0, 0.05) is 11.1 Å². The number of nitrogens with zero attached hydrogens (tertiary/aromatic N) is 2. The highest BCUT2D eigenvalue weighted by Crippen LogP contribution is 2.25. The summed E-state index contributed by atoms with van der Waals surface area (Å²) in [5, 5.41) is 0.